The van der Waals surface area contributed by atoms with Crippen molar-refractivity contribution in [3.05, 3.63) is 23.8 Å². The fourth-order valence-electron chi connectivity index (χ4n) is 3.64. The molecule has 7 heteroatoms. The summed E-state index contributed by atoms with van der Waals surface area (Å²) in [6.45, 7) is 0.251. The first-order chi connectivity index (χ1) is 11.4. The lowest BCUT2D eigenvalue weighted by atomic mass is 9.75. The zero-order valence-electron chi connectivity index (χ0n) is 13.9. The number of aliphatic hydroxyl groups excluding tert-OH is 1. The summed E-state index contributed by atoms with van der Waals surface area (Å²) >= 11 is 0. The lowest BCUT2D eigenvalue weighted by Gasteiger charge is -2.35. The van der Waals surface area contributed by atoms with Crippen molar-refractivity contribution < 1.29 is 18.3 Å². The second-order valence-electron chi connectivity index (χ2n) is 6.96. The minimum Gasteiger partial charge on any atom is -0.396 e. The smallest absolute Gasteiger partial charge is 0.240 e. The Morgan fingerprint density at radius 1 is 1.25 bits per heavy atom. The first-order valence-electron chi connectivity index (χ1n) is 8.37. The van der Waals surface area contributed by atoms with Crippen molar-refractivity contribution in [1.29, 1.82) is 0 Å². The largest absolute Gasteiger partial charge is 0.396 e. The van der Waals surface area contributed by atoms with Crippen molar-refractivity contribution in [3.8, 4) is 0 Å². The third-order valence-corrected chi connectivity index (χ3v) is 6.72. The molecule has 0 aromatic heterocycles. The van der Waals surface area contributed by atoms with E-state index >= 15 is 0 Å². The maximum Gasteiger partial charge on any atom is 0.240 e. The number of carbonyl (C=O) groups excluding carboxylic acids is 1. The molecule has 3 rings (SSSR count). The standard InChI is InChI=1S/C17H24N2O4S/c1-19-15-6-5-14(9-13(15)10-16(19)21)24(22,23)18-11-17(12-20)7-3-2-4-8-17/h5-6,9,18,20H,2-4,7-8,10-12H2,1H3. The predicted octanol–water partition coefficient (Wildman–Crippen LogP) is 1.43. The number of carbonyl (C=O) groups is 1. The Balaban J connectivity index is 1.77. The average Bonchev–Trinajstić information content (AvgIpc) is 2.88. The fourth-order valence-corrected chi connectivity index (χ4v) is 4.85. The average molecular weight is 352 g/mol. The molecule has 1 aromatic carbocycles. The predicted molar refractivity (Wildman–Crippen MR) is 91.3 cm³/mol. The lowest BCUT2D eigenvalue weighted by Crippen LogP contribution is -2.41. The number of nitrogens with one attached hydrogen (secondary N) is 1. The molecule has 1 aliphatic heterocycles. The highest BCUT2D eigenvalue weighted by molar-refractivity contribution is 7.89. The number of anilines is 1. The number of benzene rings is 1. The van der Waals surface area contributed by atoms with E-state index in [1.54, 1.807) is 24.1 Å². The molecule has 2 aliphatic rings. The number of aliphatic hydroxyl groups is 1. The molecule has 0 spiro atoms. The van der Waals surface area contributed by atoms with Gasteiger partial charge in [-0.1, -0.05) is 19.3 Å². The molecule has 1 aromatic rings. The second kappa shape index (κ2) is 6.46. The van der Waals surface area contributed by atoms with Gasteiger partial charge in [0, 0.05) is 31.3 Å². The van der Waals surface area contributed by atoms with Gasteiger partial charge in [0.15, 0.2) is 0 Å². The van der Waals surface area contributed by atoms with E-state index in [-0.39, 0.29) is 35.8 Å². The van der Waals surface area contributed by atoms with Crippen LogP contribution in [-0.4, -0.2) is 39.6 Å². The summed E-state index contributed by atoms with van der Waals surface area (Å²) in [6, 6.07) is 4.78. The molecule has 1 heterocycles. The van der Waals surface area contributed by atoms with Crippen LogP contribution in [-0.2, 0) is 21.2 Å². The van der Waals surface area contributed by atoms with Crippen LogP contribution in [0.5, 0.6) is 0 Å². The van der Waals surface area contributed by atoms with Crippen molar-refractivity contribution >= 4 is 21.6 Å². The minimum absolute atomic E-state index is 0.000988. The van der Waals surface area contributed by atoms with Crippen LogP contribution in [0.3, 0.4) is 0 Å². The van der Waals surface area contributed by atoms with Crippen LogP contribution in [0, 0.1) is 5.41 Å². The third kappa shape index (κ3) is 3.20. The van der Waals surface area contributed by atoms with Gasteiger partial charge in [0.1, 0.15) is 0 Å². The summed E-state index contributed by atoms with van der Waals surface area (Å²) in [4.78, 5) is 13.5. The van der Waals surface area contributed by atoms with E-state index in [0.717, 1.165) is 43.4 Å². The van der Waals surface area contributed by atoms with E-state index in [1.165, 1.54) is 6.07 Å². The summed E-state index contributed by atoms with van der Waals surface area (Å²) < 4.78 is 27.9. The van der Waals surface area contributed by atoms with E-state index in [1.807, 2.05) is 0 Å². The number of likely N-dealkylation sites (N-methyl/N-ethyl adjacent to an activating group) is 1. The van der Waals surface area contributed by atoms with Gasteiger partial charge in [-0.3, -0.25) is 4.79 Å². The summed E-state index contributed by atoms with van der Waals surface area (Å²) in [6.07, 6.45) is 5.10. The Morgan fingerprint density at radius 3 is 2.62 bits per heavy atom. The molecule has 0 unspecified atom stereocenters. The molecule has 0 radical (unpaired) electrons. The fraction of sp³-hybridized carbons (Fsp3) is 0.588. The molecular weight excluding hydrogens is 328 g/mol. The van der Waals surface area contributed by atoms with Crippen LogP contribution in [0.1, 0.15) is 37.7 Å². The van der Waals surface area contributed by atoms with Crippen LogP contribution in [0.25, 0.3) is 0 Å². The van der Waals surface area contributed by atoms with Crippen LogP contribution >= 0.6 is 0 Å². The van der Waals surface area contributed by atoms with Gasteiger partial charge in [-0.05, 0) is 36.6 Å². The molecule has 132 valence electrons. The van der Waals surface area contributed by atoms with Gasteiger partial charge in [-0.2, -0.15) is 0 Å². The molecule has 1 saturated carbocycles. The van der Waals surface area contributed by atoms with Gasteiger partial charge < -0.3 is 10.0 Å². The number of hydrogen-bond donors (Lipinski definition) is 2. The first kappa shape index (κ1) is 17.4. The van der Waals surface area contributed by atoms with Gasteiger partial charge in [0.25, 0.3) is 0 Å². The van der Waals surface area contributed by atoms with E-state index in [4.69, 9.17) is 0 Å². The maximum atomic E-state index is 12.6. The molecular formula is C17H24N2O4S. The maximum absolute atomic E-state index is 12.6. The van der Waals surface area contributed by atoms with Crippen LogP contribution in [0.15, 0.2) is 23.1 Å². The van der Waals surface area contributed by atoms with Crippen molar-refractivity contribution in [2.75, 3.05) is 25.1 Å². The molecule has 0 bridgehead atoms. The topological polar surface area (TPSA) is 86.7 Å². The molecule has 1 aliphatic carbocycles. The monoisotopic (exact) mass is 352 g/mol. The van der Waals surface area contributed by atoms with E-state index in [0.29, 0.717) is 0 Å². The van der Waals surface area contributed by atoms with E-state index in [9.17, 15) is 18.3 Å². The summed E-state index contributed by atoms with van der Waals surface area (Å²) in [5.74, 6) is -0.0334. The highest BCUT2D eigenvalue weighted by atomic mass is 32.2. The highest BCUT2D eigenvalue weighted by Gasteiger charge is 2.33. The number of nitrogens with zero attached hydrogens (tertiary/aromatic N) is 1. The van der Waals surface area contributed by atoms with Crippen LogP contribution < -0.4 is 9.62 Å². The van der Waals surface area contributed by atoms with Crippen molar-refractivity contribution in [2.45, 2.75) is 43.4 Å². The zero-order chi connectivity index (χ0) is 17.4. The van der Waals surface area contributed by atoms with Crippen molar-refractivity contribution in [1.82, 2.24) is 4.72 Å². The number of amides is 1. The Labute approximate surface area is 142 Å². The zero-order valence-corrected chi connectivity index (χ0v) is 14.7. The molecule has 24 heavy (non-hydrogen) atoms. The SMILES string of the molecule is CN1C(=O)Cc2cc(S(=O)(=O)NCC3(CO)CCCCC3)ccc21. The molecule has 1 fully saturated rings. The molecule has 0 atom stereocenters. The van der Waals surface area contributed by atoms with Gasteiger partial charge in [-0.15, -0.1) is 0 Å². The van der Waals surface area contributed by atoms with E-state index < -0.39 is 10.0 Å². The summed E-state index contributed by atoms with van der Waals surface area (Å²) in [5.41, 5.74) is 1.15. The molecule has 1 amide bonds. The van der Waals surface area contributed by atoms with Crippen molar-refractivity contribution in [3.63, 3.8) is 0 Å². The van der Waals surface area contributed by atoms with Gasteiger partial charge in [0.05, 0.1) is 11.3 Å². The van der Waals surface area contributed by atoms with Gasteiger partial charge in [-0.25, -0.2) is 13.1 Å². The Hall–Kier alpha value is -1.44. The molecule has 0 saturated heterocycles. The quantitative estimate of drug-likeness (QED) is 0.839. The van der Waals surface area contributed by atoms with Crippen LogP contribution in [0.4, 0.5) is 5.69 Å². The normalized spacial score (nSPS) is 20.2. The second-order valence-corrected chi connectivity index (χ2v) is 8.73. The Bertz CT molecular complexity index is 739. The third-order valence-electron chi connectivity index (χ3n) is 5.33. The van der Waals surface area contributed by atoms with Crippen molar-refractivity contribution in [2.24, 2.45) is 5.41 Å². The number of fused-ring (bicyclic) bond motifs is 1. The lowest BCUT2D eigenvalue weighted by molar-refractivity contribution is -0.117. The highest BCUT2D eigenvalue weighted by Crippen LogP contribution is 2.36. The minimum atomic E-state index is -3.66. The molecule has 6 nitrogen and oxygen atoms in total. The summed E-state index contributed by atoms with van der Waals surface area (Å²) in [5, 5.41) is 9.72. The first-order valence-corrected chi connectivity index (χ1v) is 9.85. The van der Waals surface area contributed by atoms with Crippen LogP contribution in [0.2, 0.25) is 0 Å². The molecule has 2 N–H and O–H groups in total. The number of sulfonamides is 1. The number of hydrogen-bond acceptors (Lipinski definition) is 4. The Morgan fingerprint density at radius 2 is 1.96 bits per heavy atom. The van der Waals surface area contributed by atoms with Gasteiger partial charge in [0.2, 0.25) is 15.9 Å². The van der Waals surface area contributed by atoms with E-state index in [2.05, 4.69) is 4.72 Å². The number of rotatable bonds is 5. The van der Waals surface area contributed by atoms with Gasteiger partial charge >= 0.3 is 0 Å². The Kier molecular flexibility index (Phi) is 4.68. The summed E-state index contributed by atoms with van der Waals surface area (Å²) in [7, 11) is -1.97.